The van der Waals surface area contributed by atoms with Gasteiger partial charge in [0, 0.05) is 5.25 Å². The highest BCUT2D eigenvalue weighted by atomic mass is 32.1. The first kappa shape index (κ1) is 7.97. The minimum atomic E-state index is 0.529. The van der Waals surface area contributed by atoms with Crippen LogP contribution < -0.4 is 0 Å². The molecule has 0 N–H and O–H groups in total. The summed E-state index contributed by atoms with van der Waals surface area (Å²) in [6, 6.07) is 0. The summed E-state index contributed by atoms with van der Waals surface area (Å²) in [6.07, 6.45) is 4.20. The smallest absolute Gasteiger partial charge is 0.00786 e. The third kappa shape index (κ3) is 0.734. The van der Waals surface area contributed by atoms with Crippen LogP contribution in [0.1, 0.15) is 40.0 Å². The Hall–Kier alpha value is 0.350. The Morgan fingerprint density at radius 2 is 1.91 bits per heavy atom. The van der Waals surface area contributed by atoms with Gasteiger partial charge in [0.1, 0.15) is 0 Å². The summed E-state index contributed by atoms with van der Waals surface area (Å²) in [4.78, 5) is 0. The molecule has 2 aliphatic rings. The van der Waals surface area contributed by atoms with Crippen molar-refractivity contribution in [1.82, 2.24) is 0 Å². The van der Waals surface area contributed by atoms with Crippen molar-refractivity contribution in [3.8, 4) is 0 Å². The fraction of sp³-hybridized carbons (Fsp3) is 1.00. The van der Waals surface area contributed by atoms with Crippen molar-refractivity contribution in [3.05, 3.63) is 0 Å². The lowest BCUT2D eigenvalue weighted by atomic mass is 9.71. The molecule has 0 saturated heterocycles. The highest BCUT2D eigenvalue weighted by Crippen LogP contribution is 2.66. The molecule has 11 heavy (non-hydrogen) atoms. The average molecular weight is 170 g/mol. The van der Waals surface area contributed by atoms with Crippen molar-refractivity contribution in [3.63, 3.8) is 0 Å². The van der Waals surface area contributed by atoms with Crippen LogP contribution in [0.4, 0.5) is 0 Å². The molecule has 0 aromatic carbocycles. The van der Waals surface area contributed by atoms with Crippen molar-refractivity contribution in [2.45, 2.75) is 45.3 Å². The van der Waals surface area contributed by atoms with Gasteiger partial charge in [-0.2, -0.15) is 12.6 Å². The van der Waals surface area contributed by atoms with Crippen molar-refractivity contribution < 1.29 is 0 Å². The van der Waals surface area contributed by atoms with Crippen molar-refractivity contribution in [1.29, 1.82) is 0 Å². The van der Waals surface area contributed by atoms with Crippen LogP contribution >= 0.6 is 12.6 Å². The van der Waals surface area contributed by atoms with Crippen molar-refractivity contribution >= 4 is 12.6 Å². The van der Waals surface area contributed by atoms with E-state index in [-0.39, 0.29) is 0 Å². The number of rotatable bonds is 0. The number of hydrogen-bond donors (Lipinski definition) is 1. The summed E-state index contributed by atoms with van der Waals surface area (Å²) < 4.78 is 0. The lowest BCUT2D eigenvalue weighted by Crippen LogP contribution is -2.32. The summed E-state index contributed by atoms with van der Waals surface area (Å²) in [5.41, 5.74) is 1.08. The van der Waals surface area contributed by atoms with E-state index in [0.717, 1.165) is 5.92 Å². The predicted molar refractivity (Wildman–Crippen MR) is 52.0 cm³/mol. The summed E-state index contributed by atoms with van der Waals surface area (Å²) in [6.45, 7) is 7.29. The summed E-state index contributed by atoms with van der Waals surface area (Å²) in [5.74, 6) is 0.954. The van der Waals surface area contributed by atoms with Gasteiger partial charge in [0.2, 0.25) is 0 Å². The molecular weight excluding hydrogens is 152 g/mol. The number of fused-ring (bicyclic) bond motifs is 2. The standard InChI is InChI=1S/C10H18S/c1-9(2)7-4-5-10(9,3)8(11)6-7/h7-8,11H,4-6H2,1-3H3. The van der Waals surface area contributed by atoms with E-state index in [0.29, 0.717) is 16.1 Å². The first-order chi connectivity index (χ1) is 4.98. The topological polar surface area (TPSA) is 0 Å². The van der Waals surface area contributed by atoms with Crippen LogP contribution in [-0.2, 0) is 0 Å². The van der Waals surface area contributed by atoms with E-state index >= 15 is 0 Å². The second-order valence-electron chi connectivity index (χ2n) is 5.13. The molecule has 3 atom stereocenters. The zero-order valence-electron chi connectivity index (χ0n) is 7.72. The Balaban J connectivity index is 2.40. The molecule has 0 nitrogen and oxygen atoms in total. The van der Waals surface area contributed by atoms with E-state index in [2.05, 4.69) is 20.8 Å². The molecule has 0 spiro atoms. The Kier molecular flexibility index (Phi) is 1.44. The van der Waals surface area contributed by atoms with Gasteiger partial charge in [-0.25, -0.2) is 0 Å². The highest BCUT2D eigenvalue weighted by Gasteiger charge is 2.60. The van der Waals surface area contributed by atoms with Gasteiger partial charge < -0.3 is 0 Å². The second-order valence-corrected chi connectivity index (χ2v) is 5.75. The quantitative estimate of drug-likeness (QED) is 0.531. The molecule has 0 aliphatic heterocycles. The van der Waals surface area contributed by atoms with E-state index in [1.807, 2.05) is 0 Å². The molecule has 0 amide bonds. The fourth-order valence-electron chi connectivity index (χ4n) is 3.16. The summed E-state index contributed by atoms with van der Waals surface area (Å²) >= 11 is 4.70. The van der Waals surface area contributed by atoms with Crippen LogP contribution in [0.5, 0.6) is 0 Å². The molecule has 1 heteroatoms. The largest absolute Gasteiger partial charge is 0.175 e. The van der Waals surface area contributed by atoms with Crippen molar-refractivity contribution in [2.75, 3.05) is 0 Å². The van der Waals surface area contributed by atoms with Gasteiger partial charge in [-0.15, -0.1) is 0 Å². The lowest BCUT2D eigenvalue weighted by Gasteiger charge is -2.37. The van der Waals surface area contributed by atoms with E-state index in [4.69, 9.17) is 12.6 Å². The number of hydrogen-bond acceptors (Lipinski definition) is 1. The average Bonchev–Trinajstić information content (AvgIpc) is 2.20. The van der Waals surface area contributed by atoms with Gasteiger partial charge in [0.15, 0.2) is 0 Å². The minimum absolute atomic E-state index is 0.529. The maximum Gasteiger partial charge on any atom is 0.00786 e. The van der Waals surface area contributed by atoms with E-state index in [9.17, 15) is 0 Å². The van der Waals surface area contributed by atoms with E-state index in [1.165, 1.54) is 19.3 Å². The normalized spacial score (nSPS) is 53.5. The monoisotopic (exact) mass is 170 g/mol. The molecule has 0 aromatic rings. The van der Waals surface area contributed by atoms with Crippen LogP contribution in [0.15, 0.2) is 0 Å². The molecule has 2 saturated carbocycles. The molecular formula is C10H18S. The van der Waals surface area contributed by atoms with Gasteiger partial charge >= 0.3 is 0 Å². The molecule has 64 valence electrons. The van der Waals surface area contributed by atoms with Gasteiger partial charge in [0.25, 0.3) is 0 Å². The van der Waals surface area contributed by atoms with Crippen LogP contribution in [0.25, 0.3) is 0 Å². The van der Waals surface area contributed by atoms with Crippen LogP contribution in [0.3, 0.4) is 0 Å². The summed E-state index contributed by atoms with van der Waals surface area (Å²) in [5, 5.41) is 0.663. The maximum atomic E-state index is 4.70. The molecule has 2 fully saturated rings. The van der Waals surface area contributed by atoms with Crippen LogP contribution in [-0.4, -0.2) is 5.25 Å². The molecule has 0 aromatic heterocycles. The van der Waals surface area contributed by atoms with Gasteiger partial charge in [-0.3, -0.25) is 0 Å². The molecule has 0 radical (unpaired) electrons. The maximum absolute atomic E-state index is 4.70. The Morgan fingerprint density at radius 3 is 2.09 bits per heavy atom. The minimum Gasteiger partial charge on any atom is -0.175 e. The van der Waals surface area contributed by atoms with Crippen LogP contribution in [0, 0.1) is 16.7 Å². The molecule has 0 heterocycles. The zero-order valence-corrected chi connectivity index (χ0v) is 8.62. The first-order valence-electron chi connectivity index (χ1n) is 4.66. The third-order valence-electron chi connectivity index (χ3n) is 4.75. The Morgan fingerprint density at radius 1 is 1.27 bits per heavy atom. The lowest BCUT2D eigenvalue weighted by molar-refractivity contribution is 0.157. The SMILES string of the molecule is CC1(C)C2CCC1(C)C(S)C2. The molecule has 2 bridgehead atoms. The Labute approximate surface area is 75.2 Å². The first-order valence-corrected chi connectivity index (χ1v) is 5.18. The van der Waals surface area contributed by atoms with E-state index < -0.39 is 0 Å². The third-order valence-corrected chi connectivity index (χ3v) is 5.53. The highest BCUT2D eigenvalue weighted by molar-refractivity contribution is 7.81. The van der Waals surface area contributed by atoms with Crippen molar-refractivity contribution in [2.24, 2.45) is 16.7 Å². The van der Waals surface area contributed by atoms with Gasteiger partial charge in [0.05, 0.1) is 0 Å². The van der Waals surface area contributed by atoms with E-state index in [1.54, 1.807) is 0 Å². The molecule has 3 unspecified atom stereocenters. The number of thiol groups is 1. The zero-order chi connectivity index (χ0) is 8.28. The van der Waals surface area contributed by atoms with Gasteiger partial charge in [-0.05, 0) is 36.0 Å². The van der Waals surface area contributed by atoms with Crippen LogP contribution in [0.2, 0.25) is 0 Å². The Bertz CT molecular complexity index is 185. The van der Waals surface area contributed by atoms with Gasteiger partial charge in [-0.1, -0.05) is 20.8 Å². The second kappa shape index (κ2) is 1.99. The summed E-state index contributed by atoms with van der Waals surface area (Å²) in [7, 11) is 0. The molecule has 2 aliphatic carbocycles. The predicted octanol–water partition coefficient (Wildman–Crippen LogP) is 3.13. The fourth-order valence-corrected chi connectivity index (χ4v) is 3.88. The molecule has 2 rings (SSSR count).